The van der Waals surface area contributed by atoms with Gasteiger partial charge in [-0.15, -0.1) is 0 Å². The van der Waals surface area contributed by atoms with Crippen molar-refractivity contribution in [3.05, 3.63) is 73.3 Å². The molecule has 0 spiro atoms. The standard InChI is InChI=1S/C24H21FN6O2/c1-2-19(33)30(16-6-4-3-5-7-16)13-24(10-11-24)31-23-20(22(26)27-14-28-23)21(29-31)15-8-9-17(25)18(32)12-15/h2-9,12,14,32H,1,10-11,13H2,(H2,26,27,28). The van der Waals surface area contributed by atoms with Crippen molar-refractivity contribution in [3.8, 4) is 17.0 Å². The molecule has 0 saturated heterocycles. The summed E-state index contributed by atoms with van der Waals surface area (Å²) in [6, 6.07) is 13.3. The number of para-hydroxylation sites is 1. The molecule has 3 N–H and O–H groups in total. The van der Waals surface area contributed by atoms with Crippen LogP contribution in [0.15, 0.2) is 67.5 Å². The Kier molecular flexibility index (Phi) is 4.81. The van der Waals surface area contributed by atoms with Crippen molar-refractivity contribution in [2.75, 3.05) is 17.2 Å². The highest BCUT2D eigenvalue weighted by molar-refractivity contribution is 6.01. The number of halogens is 1. The number of nitrogens with zero attached hydrogens (tertiary/aromatic N) is 5. The van der Waals surface area contributed by atoms with E-state index < -0.39 is 17.1 Å². The number of aromatic hydroxyl groups is 1. The molecule has 0 aliphatic heterocycles. The first-order chi connectivity index (χ1) is 15.9. The van der Waals surface area contributed by atoms with Crippen molar-refractivity contribution in [3.63, 3.8) is 0 Å². The summed E-state index contributed by atoms with van der Waals surface area (Å²) >= 11 is 0. The maximum Gasteiger partial charge on any atom is 0.250 e. The normalized spacial score (nSPS) is 14.2. The van der Waals surface area contributed by atoms with Gasteiger partial charge < -0.3 is 15.7 Å². The fraction of sp³-hybridized carbons (Fsp3) is 0.167. The number of aromatic nitrogens is 4. The van der Waals surface area contributed by atoms with Crippen LogP contribution in [0, 0.1) is 5.82 Å². The monoisotopic (exact) mass is 444 g/mol. The summed E-state index contributed by atoms with van der Waals surface area (Å²) in [5.41, 5.74) is 7.86. The SMILES string of the molecule is C=CC(=O)N(CC1(n2nc(-c3ccc(F)c(O)c3)c3c(N)ncnc32)CC1)c1ccccc1. The second-order valence-electron chi connectivity index (χ2n) is 8.07. The van der Waals surface area contributed by atoms with Gasteiger partial charge in [0.05, 0.1) is 17.5 Å². The molecular formula is C24H21FN6O2. The number of carbonyl (C=O) groups excluding carboxylic acids is 1. The van der Waals surface area contributed by atoms with Crippen LogP contribution in [0.4, 0.5) is 15.9 Å². The van der Waals surface area contributed by atoms with E-state index in [-0.39, 0.29) is 11.7 Å². The summed E-state index contributed by atoms with van der Waals surface area (Å²) in [7, 11) is 0. The predicted octanol–water partition coefficient (Wildman–Crippen LogP) is 3.63. The smallest absolute Gasteiger partial charge is 0.250 e. The Morgan fingerprint density at radius 3 is 2.67 bits per heavy atom. The zero-order valence-electron chi connectivity index (χ0n) is 17.6. The average molecular weight is 444 g/mol. The van der Waals surface area contributed by atoms with Gasteiger partial charge in [0.2, 0.25) is 5.91 Å². The molecule has 1 fully saturated rings. The molecule has 4 aromatic rings. The molecule has 5 rings (SSSR count). The molecule has 2 aromatic heterocycles. The van der Waals surface area contributed by atoms with Crippen LogP contribution in [0.25, 0.3) is 22.3 Å². The van der Waals surface area contributed by atoms with E-state index in [0.717, 1.165) is 18.5 Å². The molecule has 2 aromatic carbocycles. The maximum atomic E-state index is 13.7. The van der Waals surface area contributed by atoms with Crippen molar-refractivity contribution in [2.45, 2.75) is 18.4 Å². The van der Waals surface area contributed by atoms with E-state index in [9.17, 15) is 14.3 Å². The number of hydrogen-bond acceptors (Lipinski definition) is 6. The number of rotatable bonds is 6. The summed E-state index contributed by atoms with van der Waals surface area (Å²) in [5, 5.41) is 15.2. The average Bonchev–Trinajstić information content (AvgIpc) is 3.50. The lowest BCUT2D eigenvalue weighted by Crippen LogP contribution is -2.39. The summed E-state index contributed by atoms with van der Waals surface area (Å²) in [4.78, 5) is 22.9. The lowest BCUT2D eigenvalue weighted by atomic mass is 10.1. The minimum Gasteiger partial charge on any atom is -0.505 e. The van der Waals surface area contributed by atoms with Crippen LogP contribution in [0.2, 0.25) is 0 Å². The van der Waals surface area contributed by atoms with Gasteiger partial charge in [0, 0.05) is 11.3 Å². The van der Waals surface area contributed by atoms with Crippen LogP contribution in [-0.4, -0.2) is 37.3 Å². The highest BCUT2D eigenvalue weighted by Gasteiger charge is 2.49. The molecule has 1 amide bonds. The van der Waals surface area contributed by atoms with E-state index >= 15 is 0 Å². The van der Waals surface area contributed by atoms with E-state index in [4.69, 9.17) is 10.8 Å². The highest BCUT2D eigenvalue weighted by Crippen LogP contribution is 2.47. The van der Waals surface area contributed by atoms with E-state index in [2.05, 4.69) is 16.5 Å². The van der Waals surface area contributed by atoms with Crippen molar-refractivity contribution in [1.82, 2.24) is 19.7 Å². The molecule has 0 radical (unpaired) electrons. The summed E-state index contributed by atoms with van der Waals surface area (Å²) < 4.78 is 15.4. The van der Waals surface area contributed by atoms with Crippen LogP contribution in [-0.2, 0) is 10.3 Å². The molecule has 9 heteroatoms. The van der Waals surface area contributed by atoms with E-state index in [1.807, 2.05) is 30.3 Å². The largest absolute Gasteiger partial charge is 0.505 e. The van der Waals surface area contributed by atoms with E-state index in [1.165, 1.54) is 30.6 Å². The molecule has 166 valence electrons. The van der Waals surface area contributed by atoms with Gasteiger partial charge in [0.25, 0.3) is 0 Å². The first-order valence-corrected chi connectivity index (χ1v) is 10.4. The second kappa shape index (κ2) is 7.70. The summed E-state index contributed by atoms with van der Waals surface area (Å²) in [5.74, 6) is -1.21. The number of anilines is 2. The van der Waals surface area contributed by atoms with Crippen LogP contribution < -0.4 is 10.6 Å². The number of hydrogen-bond donors (Lipinski definition) is 2. The molecule has 1 aliphatic rings. The third kappa shape index (κ3) is 3.47. The number of phenols is 1. The quantitative estimate of drug-likeness (QED) is 0.440. The number of fused-ring (bicyclic) bond motifs is 1. The molecular weight excluding hydrogens is 423 g/mol. The van der Waals surface area contributed by atoms with Crippen LogP contribution in [0.3, 0.4) is 0 Å². The summed E-state index contributed by atoms with van der Waals surface area (Å²) in [6.45, 7) is 4.00. The number of nitrogen functional groups attached to an aromatic ring is 1. The first kappa shape index (κ1) is 20.6. The first-order valence-electron chi connectivity index (χ1n) is 10.4. The van der Waals surface area contributed by atoms with Crippen LogP contribution in [0.5, 0.6) is 5.75 Å². The Labute approximate surface area is 188 Å². The molecule has 2 heterocycles. The van der Waals surface area contributed by atoms with Gasteiger partial charge in [-0.05, 0) is 49.2 Å². The molecule has 1 aliphatic carbocycles. The number of nitrogens with two attached hydrogens (primary N) is 1. The van der Waals surface area contributed by atoms with Gasteiger partial charge in [0.15, 0.2) is 17.2 Å². The molecule has 0 bridgehead atoms. The van der Waals surface area contributed by atoms with Gasteiger partial charge in [-0.2, -0.15) is 5.10 Å². The van der Waals surface area contributed by atoms with Crippen LogP contribution in [0.1, 0.15) is 12.8 Å². The Hall–Kier alpha value is -4.27. The zero-order chi connectivity index (χ0) is 23.2. The zero-order valence-corrected chi connectivity index (χ0v) is 17.6. The number of carbonyl (C=O) groups is 1. The maximum absolute atomic E-state index is 13.7. The van der Waals surface area contributed by atoms with Gasteiger partial charge in [-0.1, -0.05) is 24.8 Å². The van der Waals surface area contributed by atoms with Gasteiger partial charge in [-0.3, -0.25) is 4.79 Å². The highest BCUT2D eigenvalue weighted by atomic mass is 19.1. The van der Waals surface area contributed by atoms with Gasteiger partial charge in [-0.25, -0.2) is 19.0 Å². The number of amides is 1. The topological polar surface area (TPSA) is 110 Å². The fourth-order valence-corrected chi connectivity index (χ4v) is 4.06. The van der Waals surface area contributed by atoms with Crippen LogP contribution >= 0.6 is 0 Å². The number of benzene rings is 2. The molecule has 8 nitrogen and oxygen atoms in total. The summed E-state index contributed by atoms with van der Waals surface area (Å²) in [6.07, 6.45) is 4.20. The fourth-order valence-electron chi connectivity index (χ4n) is 4.06. The minimum absolute atomic E-state index is 0.221. The molecule has 0 atom stereocenters. The van der Waals surface area contributed by atoms with E-state index in [1.54, 1.807) is 9.58 Å². The third-order valence-corrected chi connectivity index (χ3v) is 5.95. The second-order valence-corrected chi connectivity index (χ2v) is 8.07. The van der Waals surface area contributed by atoms with Crippen molar-refractivity contribution < 1.29 is 14.3 Å². The number of phenolic OH excluding ortho intramolecular Hbond substituents is 1. The van der Waals surface area contributed by atoms with Crippen molar-refractivity contribution in [2.24, 2.45) is 0 Å². The lowest BCUT2D eigenvalue weighted by molar-refractivity contribution is -0.114. The predicted molar refractivity (Wildman–Crippen MR) is 123 cm³/mol. The Bertz CT molecular complexity index is 1380. The Morgan fingerprint density at radius 1 is 1.24 bits per heavy atom. The minimum atomic E-state index is -0.730. The van der Waals surface area contributed by atoms with Gasteiger partial charge >= 0.3 is 0 Å². The van der Waals surface area contributed by atoms with Crippen molar-refractivity contribution >= 4 is 28.4 Å². The van der Waals surface area contributed by atoms with Gasteiger partial charge in [0.1, 0.15) is 17.8 Å². The Balaban J connectivity index is 1.64. The lowest BCUT2D eigenvalue weighted by Gasteiger charge is -2.27. The molecule has 1 saturated carbocycles. The third-order valence-electron chi connectivity index (χ3n) is 5.95. The molecule has 0 unspecified atom stereocenters. The molecule has 33 heavy (non-hydrogen) atoms. The van der Waals surface area contributed by atoms with Crippen molar-refractivity contribution in [1.29, 1.82) is 0 Å². The van der Waals surface area contributed by atoms with E-state index in [0.29, 0.717) is 28.8 Å². The Morgan fingerprint density at radius 2 is 2.00 bits per heavy atom.